The molecule has 0 saturated heterocycles. The van der Waals surface area contributed by atoms with Gasteiger partial charge in [-0.25, -0.2) is 4.39 Å². The number of halogens is 1. The quantitative estimate of drug-likeness (QED) is 0.509. The minimum atomic E-state index is -0.319. The van der Waals surface area contributed by atoms with Gasteiger partial charge in [0.1, 0.15) is 5.82 Å². The zero-order valence-electron chi connectivity index (χ0n) is 16.2. The molecule has 0 unspecified atom stereocenters. The van der Waals surface area contributed by atoms with Crippen molar-refractivity contribution >= 4 is 29.4 Å². The number of carbonyl (C=O) groups excluding carboxylic acids is 1. The van der Waals surface area contributed by atoms with Gasteiger partial charge in [-0.3, -0.25) is 4.79 Å². The van der Waals surface area contributed by atoms with Crippen molar-refractivity contribution in [2.75, 3.05) is 24.4 Å². The lowest BCUT2D eigenvalue weighted by atomic mass is 10.1. The van der Waals surface area contributed by atoms with E-state index in [1.807, 2.05) is 24.5 Å². The Kier molecular flexibility index (Phi) is 10.5. The van der Waals surface area contributed by atoms with Gasteiger partial charge in [-0.2, -0.15) is 23.5 Å². The van der Waals surface area contributed by atoms with E-state index in [0.29, 0.717) is 24.2 Å². The van der Waals surface area contributed by atoms with Crippen LogP contribution in [0.1, 0.15) is 24.0 Å². The maximum atomic E-state index is 14.1. The molecule has 28 heavy (non-hydrogen) atoms. The molecule has 0 heterocycles. The molecule has 0 aliphatic carbocycles. The van der Waals surface area contributed by atoms with Crippen molar-refractivity contribution in [2.24, 2.45) is 0 Å². The topological polar surface area (TPSA) is 40.5 Å². The fraction of sp³-hybridized carbons (Fsp3) is 0.409. The third-order valence-corrected chi connectivity index (χ3v) is 6.17. The highest BCUT2D eigenvalue weighted by Gasteiger charge is 2.23. The van der Waals surface area contributed by atoms with Gasteiger partial charge in [-0.05, 0) is 30.1 Å². The van der Waals surface area contributed by atoms with E-state index in [1.54, 1.807) is 46.6 Å². The summed E-state index contributed by atoms with van der Waals surface area (Å²) in [6.07, 6.45) is 3.06. The highest BCUT2D eigenvalue weighted by molar-refractivity contribution is 7.98. The molecule has 1 amide bonds. The molecule has 0 saturated carbocycles. The molecule has 0 bridgehead atoms. The molecule has 0 aromatic heterocycles. The largest absolute Gasteiger partial charge is 0.394 e. The van der Waals surface area contributed by atoms with Gasteiger partial charge in [-0.1, -0.05) is 48.5 Å². The summed E-state index contributed by atoms with van der Waals surface area (Å²) >= 11 is 3.39. The SMILES string of the molecule is CSCC[C@@H](CO)N(Cc1ccccc1F)C(=O)CCSCc1ccccc1. The summed E-state index contributed by atoms with van der Waals surface area (Å²) in [5, 5.41) is 9.84. The first-order chi connectivity index (χ1) is 13.7. The van der Waals surface area contributed by atoms with Crippen molar-refractivity contribution < 1.29 is 14.3 Å². The number of hydrogen-bond acceptors (Lipinski definition) is 4. The third-order valence-electron chi connectivity index (χ3n) is 4.50. The van der Waals surface area contributed by atoms with Crippen LogP contribution in [-0.4, -0.2) is 46.3 Å². The van der Waals surface area contributed by atoms with Crippen molar-refractivity contribution in [3.8, 4) is 0 Å². The molecule has 0 aliphatic heterocycles. The number of nitrogens with zero attached hydrogens (tertiary/aromatic N) is 1. The van der Waals surface area contributed by atoms with Gasteiger partial charge in [-0.15, -0.1) is 0 Å². The number of amides is 1. The van der Waals surface area contributed by atoms with Crippen LogP contribution in [0.2, 0.25) is 0 Å². The molecule has 152 valence electrons. The maximum absolute atomic E-state index is 14.1. The lowest BCUT2D eigenvalue weighted by Crippen LogP contribution is -2.42. The first-order valence-corrected chi connectivity index (χ1v) is 11.9. The highest BCUT2D eigenvalue weighted by atomic mass is 32.2. The Bertz CT molecular complexity index is 715. The second kappa shape index (κ2) is 12.9. The van der Waals surface area contributed by atoms with Gasteiger partial charge in [0.2, 0.25) is 5.91 Å². The summed E-state index contributed by atoms with van der Waals surface area (Å²) in [7, 11) is 0. The van der Waals surface area contributed by atoms with Crippen LogP contribution in [0.15, 0.2) is 54.6 Å². The average Bonchev–Trinajstić information content (AvgIpc) is 2.72. The summed E-state index contributed by atoms with van der Waals surface area (Å²) in [6.45, 7) is 0.0758. The van der Waals surface area contributed by atoms with Gasteiger partial charge < -0.3 is 10.0 Å². The molecule has 0 radical (unpaired) electrons. The van der Waals surface area contributed by atoms with E-state index in [-0.39, 0.29) is 30.9 Å². The average molecular weight is 422 g/mol. The van der Waals surface area contributed by atoms with Crippen LogP contribution in [-0.2, 0) is 17.1 Å². The summed E-state index contributed by atoms with van der Waals surface area (Å²) in [5.41, 5.74) is 1.71. The van der Waals surface area contributed by atoms with E-state index in [4.69, 9.17) is 0 Å². The molecule has 0 fully saturated rings. The summed E-state index contributed by atoms with van der Waals surface area (Å²) in [5.74, 6) is 2.04. The second-order valence-electron chi connectivity index (χ2n) is 6.52. The number of aliphatic hydroxyl groups excluding tert-OH is 1. The lowest BCUT2D eigenvalue weighted by molar-refractivity contribution is -0.134. The van der Waals surface area contributed by atoms with E-state index in [9.17, 15) is 14.3 Å². The van der Waals surface area contributed by atoms with E-state index in [2.05, 4.69) is 12.1 Å². The van der Waals surface area contributed by atoms with Gasteiger partial charge >= 0.3 is 0 Å². The summed E-state index contributed by atoms with van der Waals surface area (Å²) in [6, 6.07) is 16.4. The number of rotatable bonds is 12. The van der Waals surface area contributed by atoms with E-state index in [1.165, 1.54) is 11.6 Å². The molecule has 1 atom stereocenters. The first-order valence-electron chi connectivity index (χ1n) is 9.40. The van der Waals surface area contributed by atoms with Crippen LogP contribution >= 0.6 is 23.5 Å². The van der Waals surface area contributed by atoms with Crippen molar-refractivity contribution in [2.45, 2.75) is 31.2 Å². The highest BCUT2D eigenvalue weighted by Crippen LogP contribution is 2.19. The van der Waals surface area contributed by atoms with E-state index < -0.39 is 0 Å². The smallest absolute Gasteiger partial charge is 0.224 e. The second-order valence-corrected chi connectivity index (χ2v) is 8.61. The molecule has 2 rings (SSSR count). The molecule has 6 heteroatoms. The standard InChI is InChI=1S/C22H28FNO2S2/c1-27-13-11-20(16-25)24(15-19-9-5-6-10-21(19)23)22(26)12-14-28-17-18-7-3-2-4-8-18/h2-10,20,25H,11-17H2,1H3/t20-/m0/s1. The van der Waals surface area contributed by atoms with Crippen molar-refractivity contribution in [3.63, 3.8) is 0 Å². The molecule has 0 aliphatic rings. The molecule has 2 aromatic rings. The Hall–Kier alpha value is -1.50. The Balaban J connectivity index is 1.98. The van der Waals surface area contributed by atoms with Crippen molar-refractivity contribution in [3.05, 3.63) is 71.5 Å². The summed E-state index contributed by atoms with van der Waals surface area (Å²) in [4.78, 5) is 14.6. The fourth-order valence-corrected chi connectivity index (χ4v) is 4.30. The fourth-order valence-electron chi connectivity index (χ4n) is 2.90. The molecule has 0 spiro atoms. The lowest BCUT2D eigenvalue weighted by Gasteiger charge is -2.31. The zero-order valence-corrected chi connectivity index (χ0v) is 17.9. The van der Waals surface area contributed by atoms with Gasteiger partial charge in [0.15, 0.2) is 0 Å². The van der Waals surface area contributed by atoms with E-state index in [0.717, 1.165) is 11.5 Å². The van der Waals surface area contributed by atoms with Crippen LogP contribution in [0.4, 0.5) is 4.39 Å². The molecule has 2 aromatic carbocycles. The predicted octanol–water partition coefficient (Wildman–Crippen LogP) is 4.59. The van der Waals surface area contributed by atoms with Crippen LogP contribution < -0.4 is 0 Å². The van der Waals surface area contributed by atoms with Gasteiger partial charge in [0.05, 0.1) is 12.6 Å². The maximum Gasteiger partial charge on any atom is 0.224 e. The number of aliphatic hydroxyl groups is 1. The van der Waals surface area contributed by atoms with Crippen LogP contribution in [0, 0.1) is 5.82 Å². The van der Waals surface area contributed by atoms with Crippen LogP contribution in [0.5, 0.6) is 0 Å². The Morgan fingerprint density at radius 1 is 1.11 bits per heavy atom. The van der Waals surface area contributed by atoms with E-state index >= 15 is 0 Å². The number of thioether (sulfide) groups is 2. The van der Waals surface area contributed by atoms with Crippen LogP contribution in [0.3, 0.4) is 0 Å². The van der Waals surface area contributed by atoms with Gasteiger partial charge in [0.25, 0.3) is 0 Å². The monoisotopic (exact) mass is 421 g/mol. The first kappa shape index (κ1) is 22.8. The number of carbonyl (C=O) groups is 1. The number of hydrogen-bond donors (Lipinski definition) is 1. The summed E-state index contributed by atoms with van der Waals surface area (Å²) < 4.78 is 14.1. The number of benzene rings is 2. The van der Waals surface area contributed by atoms with Crippen LogP contribution in [0.25, 0.3) is 0 Å². The molecular weight excluding hydrogens is 393 g/mol. The predicted molar refractivity (Wildman–Crippen MR) is 118 cm³/mol. The molecule has 3 nitrogen and oxygen atoms in total. The Labute approximate surface area is 175 Å². The third kappa shape index (κ3) is 7.49. The normalized spacial score (nSPS) is 12.0. The minimum Gasteiger partial charge on any atom is -0.394 e. The Morgan fingerprint density at radius 2 is 1.82 bits per heavy atom. The molecule has 1 N–H and O–H groups in total. The van der Waals surface area contributed by atoms with Crippen molar-refractivity contribution in [1.29, 1.82) is 0 Å². The zero-order chi connectivity index (χ0) is 20.2. The van der Waals surface area contributed by atoms with Gasteiger partial charge in [0, 0.05) is 30.0 Å². The Morgan fingerprint density at radius 3 is 2.50 bits per heavy atom. The van der Waals surface area contributed by atoms with Crippen molar-refractivity contribution in [1.82, 2.24) is 4.90 Å². The molecular formula is C22H28FNO2S2. The minimum absolute atomic E-state index is 0.0380.